The zero-order valence-corrected chi connectivity index (χ0v) is 10.4. The Labute approximate surface area is 107 Å². The molecule has 0 aliphatic carbocycles. The lowest BCUT2D eigenvalue weighted by Crippen LogP contribution is -2.04. The molecule has 17 heavy (non-hydrogen) atoms. The Balaban J connectivity index is 1.99. The quantitative estimate of drug-likeness (QED) is 0.681. The van der Waals surface area contributed by atoms with Gasteiger partial charge in [0.05, 0.1) is 0 Å². The van der Waals surface area contributed by atoms with E-state index in [1.165, 1.54) is 17.4 Å². The van der Waals surface area contributed by atoms with Crippen molar-refractivity contribution in [3.05, 3.63) is 52.0 Å². The Hall–Kier alpha value is -1.33. The van der Waals surface area contributed by atoms with Gasteiger partial charge in [-0.05, 0) is 12.1 Å². The number of rotatable bonds is 3. The van der Waals surface area contributed by atoms with E-state index < -0.39 is 5.97 Å². The number of thiophene rings is 1. The van der Waals surface area contributed by atoms with Crippen LogP contribution in [-0.2, 0) is 11.3 Å². The molecular weight excluding hydrogens is 259 g/mol. The number of thiol groups is 1. The maximum absolute atomic E-state index is 13.2. The van der Waals surface area contributed by atoms with Crippen LogP contribution in [0.1, 0.15) is 15.2 Å². The molecule has 2 rings (SSSR count). The molecule has 88 valence electrons. The summed E-state index contributed by atoms with van der Waals surface area (Å²) in [5, 5.41) is 1.74. The summed E-state index contributed by atoms with van der Waals surface area (Å²) in [6.45, 7) is -0.0642. The Kier molecular flexibility index (Phi) is 3.81. The molecule has 0 N–H and O–H groups in total. The number of halogens is 1. The molecule has 2 aromatic rings. The molecule has 1 heterocycles. The van der Waals surface area contributed by atoms with E-state index in [2.05, 4.69) is 12.6 Å². The van der Waals surface area contributed by atoms with Crippen LogP contribution in [0.5, 0.6) is 0 Å². The summed E-state index contributed by atoms with van der Waals surface area (Å²) in [7, 11) is 0. The number of carbonyl (C=O) groups excluding carboxylic acids is 1. The number of carbonyl (C=O) groups is 1. The highest BCUT2D eigenvalue weighted by Crippen LogP contribution is 2.19. The minimum atomic E-state index is -0.460. The molecule has 0 atom stereocenters. The van der Waals surface area contributed by atoms with Gasteiger partial charge in [-0.3, -0.25) is 0 Å². The summed E-state index contributed by atoms with van der Waals surface area (Å²) >= 11 is 5.35. The van der Waals surface area contributed by atoms with Crippen LogP contribution < -0.4 is 0 Å². The molecule has 0 fully saturated rings. The summed E-state index contributed by atoms with van der Waals surface area (Å²) in [6, 6.07) is 7.83. The number of ether oxygens (including phenoxy) is 1. The first-order valence-electron chi connectivity index (χ1n) is 4.85. The van der Waals surface area contributed by atoms with E-state index in [1.54, 1.807) is 29.6 Å². The standard InChI is InChI=1S/C12H9FO2S2/c13-10-4-2-1-3-8(10)6-15-12(14)11-5-9(16)7-17-11/h1-5,7,16H,6H2. The predicted molar refractivity (Wildman–Crippen MR) is 67.1 cm³/mol. The van der Waals surface area contributed by atoms with Crippen LogP contribution in [0.2, 0.25) is 0 Å². The second-order valence-corrected chi connectivity index (χ2v) is 4.76. The molecule has 0 spiro atoms. The van der Waals surface area contributed by atoms with Gasteiger partial charge >= 0.3 is 5.97 Å². The third-order valence-corrected chi connectivity index (χ3v) is 3.45. The SMILES string of the molecule is O=C(OCc1ccccc1F)c1cc(S)cs1. The fraction of sp³-hybridized carbons (Fsp3) is 0.0833. The second-order valence-electron chi connectivity index (χ2n) is 3.34. The smallest absolute Gasteiger partial charge is 0.348 e. The van der Waals surface area contributed by atoms with E-state index >= 15 is 0 Å². The molecule has 5 heteroatoms. The molecule has 0 amide bonds. The van der Waals surface area contributed by atoms with E-state index in [-0.39, 0.29) is 12.4 Å². The average molecular weight is 268 g/mol. The Bertz CT molecular complexity index is 537. The molecule has 0 saturated carbocycles. The Morgan fingerprint density at radius 3 is 2.82 bits per heavy atom. The van der Waals surface area contributed by atoms with Crippen LogP contribution in [0.15, 0.2) is 40.6 Å². The number of hydrogen-bond donors (Lipinski definition) is 1. The summed E-state index contributed by atoms with van der Waals surface area (Å²) < 4.78 is 18.3. The van der Waals surface area contributed by atoms with Crippen LogP contribution in [-0.4, -0.2) is 5.97 Å². The zero-order chi connectivity index (χ0) is 12.3. The van der Waals surface area contributed by atoms with E-state index in [1.807, 2.05) is 0 Å². The zero-order valence-electron chi connectivity index (χ0n) is 8.72. The lowest BCUT2D eigenvalue weighted by Gasteiger charge is -2.04. The molecule has 0 saturated heterocycles. The van der Waals surface area contributed by atoms with Gasteiger partial charge in [-0.15, -0.1) is 24.0 Å². The van der Waals surface area contributed by atoms with Crippen LogP contribution in [0.4, 0.5) is 4.39 Å². The number of hydrogen-bond acceptors (Lipinski definition) is 4. The van der Waals surface area contributed by atoms with Crippen molar-refractivity contribution < 1.29 is 13.9 Å². The monoisotopic (exact) mass is 268 g/mol. The van der Waals surface area contributed by atoms with Gasteiger partial charge in [-0.1, -0.05) is 18.2 Å². The fourth-order valence-electron chi connectivity index (χ4n) is 1.26. The minimum Gasteiger partial charge on any atom is -0.457 e. The van der Waals surface area contributed by atoms with Crippen molar-refractivity contribution in [2.45, 2.75) is 11.5 Å². The van der Waals surface area contributed by atoms with Crippen LogP contribution >= 0.6 is 24.0 Å². The highest BCUT2D eigenvalue weighted by molar-refractivity contribution is 7.80. The third-order valence-electron chi connectivity index (χ3n) is 2.10. The molecule has 0 aliphatic heterocycles. The van der Waals surface area contributed by atoms with Gasteiger partial charge in [0.2, 0.25) is 0 Å². The lowest BCUT2D eigenvalue weighted by molar-refractivity contribution is 0.0474. The summed E-state index contributed by atoms with van der Waals surface area (Å²) in [6.07, 6.45) is 0. The number of esters is 1. The maximum atomic E-state index is 13.2. The summed E-state index contributed by atoms with van der Waals surface area (Å²) in [5.41, 5.74) is 0.364. The van der Waals surface area contributed by atoms with Crippen LogP contribution in [0, 0.1) is 5.82 Å². The molecule has 0 aliphatic rings. The van der Waals surface area contributed by atoms with Gasteiger partial charge in [-0.2, -0.15) is 0 Å². The first kappa shape index (κ1) is 12.1. The van der Waals surface area contributed by atoms with Gasteiger partial charge in [0.15, 0.2) is 0 Å². The van der Waals surface area contributed by atoms with Crippen molar-refractivity contribution in [2.75, 3.05) is 0 Å². The minimum absolute atomic E-state index is 0.0642. The van der Waals surface area contributed by atoms with Crippen molar-refractivity contribution in [2.24, 2.45) is 0 Å². The Morgan fingerprint density at radius 1 is 1.41 bits per heavy atom. The fourth-order valence-corrected chi connectivity index (χ4v) is 2.30. The molecule has 1 aromatic heterocycles. The third kappa shape index (κ3) is 3.08. The van der Waals surface area contributed by atoms with Crippen molar-refractivity contribution in [3.63, 3.8) is 0 Å². The van der Waals surface area contributed by atoms with E-state index in [4.69, 9.17) is 4.74 Å². The number of benzene rings is 1. The van der Waals surface area contributed by atoms with E-state index in [0.717, 1.165) is 0 Å². The normalized spacial score (nSPS) is 10.2. The van der Waals surface area contributed by atoms with E-state index in [9.17, 15) is 9.18 Å². The van der Waals surface area contributed by atoms with Gasteiger partial charge in [0.25, 0.3) is 0 Å². The highest BCUT2D eigenvalue weighted by Gasteiger charge is 2.10. The van der Waals surface area contributed by atoms with Gasteiger partial charge in [0.1, 0.15) is 17.3 Å². The maximum Gasteiger partial charge on any atom is 0.348 e. The molecular formula is C12H9FO2S2. The van der Waals surface area contributed by atoms with Gasteiger partial charge in [0, 0.05) is 15.8 Å². The average Bonchev–Trinajstić information content (AvgIpc) is 2.74. The first-order valence-corrected chi connectivity index (χ1v) is 6.17. The van der Waals surface area contributed by atoms with Crippen molar-refractivity contribution in [1.29, 1.82) is 0 Å². The highest BCUT2D eigenvalue weighted by atomic mass is 32.1. The van der Waals surface area contributed by atoms with Gasteiger partial charge in [-0.25, -0.2) is 9.18 Å². The molecule has 0 bridgehead atoms. The molecule has 0 unspecified atom stereocenters. The van der Waals surface area contributed by atoms with Crippen molar-refractivity contribution in [1.82, 2.24) is 0 Å². The lowest BCUT2D eigenvalue weighted by atomic mass is 10.2. The van der Waals surface area contributed by atoms with Crippen molar-refractivity contribution in [3.8, 4) is 0 Å². The molecule has 0 radical (unpaired) electrons. The van der Waals surface area contributed by atoms with E-state index in [0.29, 0.717) is 15.3 Å². The predicted octanol–water partition coefficient (Wildman–Crippen LogP) is 3.53. The molecule has 1 aromatic carbocycles. The van der Waals surface area contributed by atoms with Crippen LogP contribution in [0.25, 0.3) is 0 Å². The summed E-state index contributed by atoms with van der Waals surface area (Å²) in [5.74, 6) is -0.833. The molecule has 2 nitrogen and oxygen atoms in total. The Morgan fingerprint density at radius 2 is 2.18 bits per heavy atom. The largest absolute Gasteiger partial charge is 0.457 e. The first-order chi connectivity index (χ1) is 8.16. The van der Waals surface area contributed by atoms with Crippen molar-refractivity contribution >= 4 is 29.9 Å². The van der Waals surface area contributed by atoms with Gasteiger partial charge < -0.3 is 4.74 Å². The van der Waals surface area contributed by atoms with Crippen LogP contribution in [0.3, 0.4) is 0 Å². The second kappa shape index (κ2) is 5.33. The topological polar surface area (TPSA) is 26.3 Å². The summed E-state index contributed by atoms with van der Waals surface area (Å²) in [4.78, 5) is 12.8.